The van der Waals surface area contributed by atoms with E-state index in [1.165, 1.54) is 6.07 Å². The van der Waals surface area contributed by atoms with Crippen LogP contribution in [0.25, 0.3) is 0 Å². The van der Waals surface area contributed by atoms with Gasteiger partial charge in [-0.1, -0.05) is 18.2 Å². The Kier molecular flexibility index (Phi) is 4.96. The standard InChI is InChI=1S/C15H14F3NO3S/c16-15(17,18)12-5-7-13(8-6-12)23(21,22)19-10-9-11-3-1-2-4-14(11)20/h1-8,19-20H,9-10H2. The van der Waals surface area contributed by atoms with Gasteiger partial charge in [-0.3, -0.25) is 0 Å². The van der Waals surface area contributed by atoms with Crippen molar-refractivity contribution in [2.75, 3.05) is 6.54 Å². The molecule has 2 rings (SSSR count). The van der Waals surface area contributed by atoms with Gasteiger partial charge >= 0.3 is 6.18 Å². The average Bonchev–Trinajstić information content (AvgIpc) is 2.48. The van der Waals surface area contributed by atoms with Crippen molar-refractivity contribution >= 4 is 10.0 Å². The Morgan fingerprint density at radius 2 is 1.61 bits per heavy atom. The van der Waals surface area contributed by atoms with Gasteiger partial charge in [-0.05, 0) is 42.3 Å². The van der Waals surface area contributed by atoms with Crippen molar-refractivity contribution in [3.63, 3.8) is 0 Å². The molecule has 0 radical (unpaired) electrons. The highest BCUT2D eigenvalue weighted by Gasteiger charge is 2.30. The second kappa shape index (κ2) is 6.59. The molecular weight excluding hydrogens is 331 g/mol. The minimum absolute atomic E-state index is 0.0148. The van der Waals surface area contributed by atoms with Crippen LogP contribution in [0, 0.1) is 0 Å². The Morgan fingerprint density at radius 3 is 2.17 bits per heavy atom. The van der Waals surface area contributed by atoms with Gasteiger partial charge in [-0.25, -0.2) is 13.1 Å². The molecule has 0 heterocycles. The lowest BCUT2D eigenvalue weighted by Gasteiger charge is -2.10. The summed E-state index contributed by atoms with van der Waals surface area (Å²) in [5.41, 5.74) is -0.340. The normalized spacial score (nSPS) is 12.3. The summed E-state index contributed by atoms with van der Waals surface area (Å²) in [6.45, 7) is 0.0148. The second-order valence-electron chi connectivity index (χ2n) is 4.80. The van der Waals surface area contributed by atoms with Gasteiger partial charge in [0.15, 0.2) is 0 Å². The number of alkyl halides is 3. The van der Waals surface area contributed by atoms with Crippen LogP contribution in [-0.2, 0) is 22.6 Å². The Morgan fingerprint density at radius 1 is 1.00 bits per heavy atom. The monoisotopic (exact) mass is 345 g/mol. The van der Waals surface area contributed by atoms with Crippen LogP contribution in [0.2, 0.25) is 0 Å². The van der Waals surface area contributed by atoms with Crippen LogP contribution in [0.4, 0.5) is 13.2 Å². The second-order valence-corrected chi connectivity index (χ2v) is 6.57. The summed E-state index contributed by atoms with van der Waals surface area (Å²) >= 11 is 0. The summed E-state index contributed by atoms with van der Waals surface area (Å²) in [4.78, 5) is -0.247. The molecule has 0 aliphatic rings. The van der Waals surface area contributed by atoms with Gasteiger partial charge in [0.2, 0.25) is 10.0 Å². The minimum atomic E-state index is -4.51. The maximum Gasteiger partial charge on any atom is 0.416 e. The average molecular weight is 345 g/mol. The third-order valence-electron chi connectivity index (χ3n) is 3.17. The summed E-state index contributed by atoms with van der Waals surface area (Å²) in [5, 5.41) is 9.58. The summed E-state index contributed by atoms with van der Waals surface area (Å²) in [5.74, 6) is 0.0567. The topological polar surface area (TPSA) is 66.4 Å². The third-order valence-corrected chi connectivity index (χ3v) is 4.65. The number of nitrogens with one attached hydrogen (secondary N) is 1. The lowest BCUT2D eigenvalue weighted by molar-refractivity contribution is -0.137. The molecule has 0 fully saturated rings. The number of hydrogen-bond acceptors (Lipinski definition) is 3. The van der Waals surface area contributed by atoms with Gasteiger partial charge in [-0.2, -0.15) is 13.2 Å². The number of para-hydroxylation sites is 1. The van der Waals surface area contributed by atoms with E-state index in [9.17, 15) is 26.7 Å². The first-order valence-corrected chi connectivity index (χ1v) is 8.12. The van der Waals surface area contributed by atoms with E-state index in [2.05, 4.69) is 4.72 Å². The number of sulfonamides is 1. The highest BCUT2D eigenvalue weighted by atomic mass is 32.2. The molecule has 23 heavy (non-hydrogen) atoms. The van der Waals surface area contributed by atoms with Crippen molar-refractivity contribution in [3.8, 4) is 5.75 Å². The van der Waals surface area contributed by atoms with Crippen molar-refractivity contribution in [1.82, 2.24) is 4.72 Å². The van der Waals surface area contributed by atoms with E-state index < -0.39 is 21.8 Å². The zero-order valence-corrected chi connectivity index (χ0v) is 12.7. The molecule has 2 aromatic rings. The van der Waals surface area contributed by atoms with Crippen LogP contribution >= 0.6 is 0 Å². The molecule has 0 saturated heterocycles. The van der Waals surface area contributed by atoms with Gasteiger partial charge in [-0.15, -0.1) is 0 Å². The first-order valence-electron chi connectivity index (χ1n) is 6.64. The van der Waals surface area contributed by atoms with Crippen molar-refractivity contribution in [3.05, 3.63) is 59.7 Å². The van der Waals surface area contributed by atoms with Gasteiger partial charge < -0.3 is 5.11 Å². The van der Waals surface area contributed by atoms with Gasteiger partial charge in [0.1, 0.15) is 5.75 Å². The number of phenolic OH excluding ortho intramolecular Hbond substituents is 1. The first-order chi connectivity index (χ1) is 10.7. The van der Waals surface area contributed by atoms with Crippen molar-refractivity contribution < 1.29 is 26.7 Å². The van der Waals surface area contributed by atoms with Crippen LogP contribution in [0.5, 0.6) is 5.75 Å². The Bertz CT molecular complexity index is 771. The number of hydrogen-bond donors (Lipinski definition) is 2. The molecule has 0 saturated carbocycles. The van der Waals surface area contributed by atoms with Crippen molar-refractivity contribution in [2.24, 2.45) is 0 Å². The number of rotatable bonds is 5. The van der Waals surface area contributed by atoms with Crippen LogP contribution in [0.15, 0.2) is 53.4 Å². The van der Waals surface area contributed by atoms with Gasteiger partial charge in [0, 0.05) is 6.54 Å². The molecular formula is C15H14F3NO3S. The van der Waals surface area contributed by atoms with Gasteiger partial charge in [0.05, 0.1) is 10.5 Å². The molecule has 0 aliphatic carbocycles. The first kappa shape index (κ1) is 17.3. The van der Waals surface area contributed by atoms with E-state index >= 15 is 0 Å². The molecule has 0 amide bonds. The van der Waals surface area contributed by atoms with Gasteiger partial charge in [0.25, 0.3) is 0 Å². The molecule has 4 nitrogen and oxygen atoms in total. The maximum absolute atomic E-state index is 12.5. The lowest BCUT2D eigenvalue weighted by atomic mass is 10.1. The molecule has 0 bridgehead atoms. The summed E-state index contributed by atoms with van der Waals surface area (Å²) in [7, 11) is -3.90. The molecule has 0 aromatic heterocycles. The number of halogens is 3. The van der Waals surface area contributed by atoms with E-state index in [4.69, 9.17) is 0 Å². The highest BCUT2D eigenvalue weighted by molar-refractivity contribution is 7.89. The summed E-state index contributed by atoms with van der Waals surface area (Å²) < 4.78 is 63.7. The highest BCUT2D eigenvalue weighted by Crippen LogP contribution is 2.29. The summed E-state index contributed by atoms with van der Waals surface area (Å²) in [6, 6.07) is 9.75. The maximum atomic E-state index is 12.5. The lowest BCUT2D eigenvalue weighted by Crippen LogP contribution is -2.26. The van der Waals surface area contributed by atoms with E-state index in [0.717, 1.165) is 24.3 Å². The number of phenols is 1. The van der Waals surface area contributed by atoms with Crippen LogP contribution in [0.3, 0.4) is 0 Å². The predicted molar refractivity (Wildman–Crippen MR) is 78.4 cm³/mol. The molecule has 0 atom stereocenters. The molecule has 0 spiro atoms. The SMILES string of the molecule is O=S(=O)(NCCc1ccccc1O)c1ccc(C(F)(F)F)cc1. The largest absolute Gasteiger partial charge is 0.508 e. The summed E-state index contributed by atoms with van der Waals surface area (Å²) in [6.07, 6.45) is -4.26. The predicted octanol–water partition coefficient (Wildman–Crippen LogP) is 2.93. The van der Waals surface area contributed by atoms with Crippen molar-refractivity contribution in [2.45, 2.75) is 17.5 Å². The number of benzene rings is 2. The fraction of sp³-hybridized carbons (Fsp3) is 0.200. The molecule has 124 valence electrons. The smallest absolute Gasteiger partial charge is 0.416 e. The van der Waals surface area contributed by atoms with E-state index in [-0.39, 0.29) is 23.6 Å². The Labute approximate surface area is 131 Å². The molecule has 2 aromatic carbocycles. The zero-order valence-electron chi connectivity index (χ0n) is 11.8. The van der Waals surface area contributed by atoms with E-state index in [1.54, 1.807) is 18.2 Å². The molecule has 2 N–H and O–H groups in total. The third kappa shape index (κ3) is 4.46. The fourth-order valence-electron chi connectivity index (χ4n) is 1.95. The molecule has 0 unspecified atom stereocenters. The molecule has 8 heteroatoms. The van der Waals surface area contributed by atoms with Crippen LogP contribution in [-0.4, -0.2) is 20.1 Å². The van der Waals surface area contributed by atoms with E-state index in [1.807, 2.05) is 0 Å². The number of aromatic hydroxyl groups is 1. The molecule has 0 aliphatic heterocycles. The Hall–Kier alpha value is -2.06. The minimum Gasteiger partial charge on any atom is -0.508 e. The fourth-order valence-corrected chi connectivity index (χ4v) is 2.98. The van der Waals surface area contributed by atoms with Crippen molar-refractivity contribution in [1.29, 1.82) is 0 Å². The van der Waals surface area contributed by atoms with E-state index in [0.29, 0.717) is 5.56 Å². The quantitative estimate of drug-likeness (QED) is 0.876. The van der Waals surface area contributed by atoms with Crippen LogP contribution < -0.4 is 4.72 Å². The zero-order chi connectivity index (χ0) is 17.1. The Balaban J connectivity index is 2.03. The van der Waals surface area contributed by atoms with Crippen LogP contribution in [0.1, 0.15) is 11.1 Å².